The Bertz CT molecular complexity index is 664. The number of carbonyl (C=O) groups is 5. The number of aliphatic carboxylic acids is 1. The molecule has 5 atom stereocenters. The van der Waals surface area contributed by atoms with Gasteiger partial charge in [-0.1, -0.05) is 20.3 Å². The third-order valence-electron chi connectivity index (χ3n) is 4.93. The summed E-state index contributed by atoms with van der Waals surface area (Å²) in [4.78, 5) is 60.6. The Balaban J connectivity index is 5.53. The van der Waals surface area contributed by atoms with Crippen molar-refractivity contribution in [3.63, 3.8) is 0 Å². The number of amides is 4. The van der Waals surface area contributed by atoms with Crippen molar-refractivity contribution < 1.29 is 29.1 Å². The molecule has 0 rings (SSSR count). The molecular weight excluding hydrogens is 440 g/mol. The van der Waals surface area contributed by atoms with E-state index in [0.717, 1.165) is 0 Å². The number of primary amides is 1. The van der Waals surface area contributed by atoms with Gasteiger partial charge >= 0.3 is 5.97 Å². The lowest BCUT2D eigenvalue weighted by molar-refractivity contribution is -0.144. The fourth-order valence-corrected chi connectivity index (χ4v) is 2.91. The molecule has 0 radical (unpaired) electrons. The predicted octanol–water partition coefficient (Wildman–Crippen LogP) is -2.17. The molecule has 32 heavy (non-hydrogen) atoms. The van der Waals surface area contributed by atoms with E-state index in [4.69, 9.17) is 17.2 Å². The van der Waals surface area contributed by atoms with Gasteiger partial charge < -0.3 is 38.3 Å². The summed E-state index contributed by atoms with van der Waals surface area (Å²) in [5, 5.41) is 16.7. The summed E-state index contributed by atoms with van der Waals surface area (Å²) >= 11 is 3.91. The number of rotatable bonds is 16. The molecule has 5 unspecified atom stereocenters. The van der Waals surface area contributed by atoms with Gasteiger partial charge in [0.2, 0.25) is 23.6 Å². The minimum absolute atomic E-state index is 0.00700. The molecule has 0 aromatic carbocycles. The van der Waals surface area contributed by atoms with Crippen LogP contribution in [0.5, 0.6) is 0 Å². The van der Waals surface area contributed by atoms with E-state index in [1.807, 2.05) is 0 Å². The van der Waals surface area contributed by atoms with Gasteiger partial charge in [-0.05, 0) is 31.7 Å². The summed E-state index contributed by atoms with van der Waals surface area (Å²) in [6, 6.07) is -4.63. The summed E-state index contributed by atoms with van der Waals surface area (Å²) in [6.45, 7) is 3.85. The van der Waals surface area contributed by atoms with Crippen LogP contribution in [-0.4, -0.2) is 71.2 Å². The highest BCUT2D eigenvalue weighted by Crippen LogP contribution is 2.10. The zero-order chi connectivity index (χ0) is 24.8. The van der Waals surface area contributed by atoms with Crippen LogP contribution in [0.3, 0.4) is 0 Å². The lowest BCUT2D eigenvalue weighted by Gasteiger charge is -2.26. The number of thiol groups is 1. The van der Waals surface area contributed by atoms with Crippen LogP contribution in [0.25, 0.3) is 0 Å². The van der Waals surface area contributed by atoms with Crippen LogP contribution in [0.2, 0.25) is 0 Å². The van der Waals surface area contributed by atoms with Gasteiger partial charge in [0, 0.05) is 5.75 Å². The van der Waals surface area contributed by atoms with Gasteiger partial charge in [-0.3, -0.25) is 19.2 Å². The van der Waals surface area contributed by atoms with Gasteiger partial charge in [-0.25, -0.2) is 4.79 Å². The molecule has 0 aromatic rings. The molecule has 4 amide bonds. The second-order valence-corrected chi connectivity index (χ2v) is 7.94. The Morgan fingerprint density at radius 3 is 2.00 bits per heavy atom. The van der Waals surface area contributed by atoms with Crippen molar-refractivity contribution >= 4 is 42.2 Å². The highest BCUT2D eigenvalue weighted by Gasteiger charge is 2.32. The largest absolute Gasteiger partial charge is 0.480 e. The minimum atomic E-state index is -1.36. The number of nitrogens with one attached hydrogen (secondary N) is 3. The maximum atomic E-state index is 12.8. The highest BCUT2D eigenvalue weighted by molar-refractivity contribution is 7.80. The normalized spacial score (nSPS) is 15.5. The predicted molar refractivity (Wildman–Crippen MR) is 121 cm³/mol. The zero-order valence-corrected chi connectivity index (χ0v) is 19.4. The van der Waals surface area contributed by atoms with E-state index in [0.29, 0.717) is 25.8 Å². The fraction of sp³-hybridized carbons (Fsp3) is 0.737. The Labute approximate surface area is 193 Å². The van der Waals surface area contributed by atoms with Crippen molar-refractivity contribution in [3.8, 4) is 0 Å². The summed E-state index contributed by atoms with van der Waals surface area (Å²) in [5.41, 5.74) is 16.2. The molecule has 0 aromatic heterocycles. The van der Waals surface area contributed by atoms with Crippen LogP contribution in [-0.2, 0) is 24.0 Å². The zero-order valence-electron chi connectivity index (χ0n) is 18.5. The Hall–Kier alpha value is -2.38. The fourth-order valence-electron chi connectivity index (χ4n) is 2.74. The molecule has 184 valence electrons. The van der Waals surface area contributed by atoms with E-state index >= 15 is 0 Å². The van der Waals surface area contributed by atoms with Crippen LogP contribution in [0.4, 0.5) is 0 Å². The smallest absolute Gasteiger partial charge is 0.326 e. The summed E-state index contributed by atoms with van der Waals surface area (Å²) < 4.78 is 0. The number of hydrogen-bond donors (Lipinski definition) is 8. The Morgan fingerprint density at radius 2 is 1.53 bits per heavy atom. The number of nitrogens with two attached hydrogens (primary N) is 3. The Morgan fingerprint density at radius 1 is 0.969 bits per heavy atom. The van der Waals surface area contributed by atoms with Crippen LogP contribution in [0.1, 0.15) is 46.0 Å². The van der Waals surface area contributed by atoms with Crippen LogP contribution >= 0.6 is 12.6 Å². The number of carboxylic acid groups (broad SMARTS) is 1. The molecule has 10 N–H and O–H groups in total. The topological polar surface area (TPSA) is 220 Å². The maximum absolute atomic E-state index is 12.8. The van der Waals surface area contributed by atoms with Gasteiger partial charge in [0.15, 0.2) is 0 Å². The van der Waals surface area contributed by atoms with Crippen LogP contribution in [0.15, 0.2) is 0 Å². The van der Waals surface area contributed by atoms with Crippen LogP contribution < -0.4 is 33.2 Å². The molecule has 0 aliphatic rings. The number of hydrogen-bond acceptors (Lipinski definition) is 8. The highest BCUT2D eigenvalue weighted by atomic mass is 32.1. The number of carboxylic acids is 1. The Kier molecular flexibility index (Phi) is 14.3. The van der Waals surface area contributed by atoms with Crippen molar-refractivity contribution in [1.82, 2.24) is 16.0 Å². The van der Waals surface area contributed by atoms with Gasteiger partial charge in [0.25, 0.3) is 0 Å². The van der Waals surface area contributed by atoms with E-state index in [1.165, 1.54) is 0 Å². The molecule has 0 bridgehead atoms. The third-order valence-corrected chi connectivity index (χ3v) is 5.32. The van der Waals surface area contributed by atoms with Crippen LogP contribution in [0, 0.1) is 5.92 Å². The van der Waals surface area contributed by atoms with E-state index in [9.17, 15) is 29.1 Å². The monoisotopic (exact) mass is 476 g/mol. The lowest BCUT2D eigenvalue weighted by atomic mass is 9.98. The van der Waals surface area contributed by atoms with Crippen molar-refractivity contribution in [2.24, 2.45) is 23.1 Å². The first kappa shape index (κ1) is 29.6. The molecular formula is C19H36N6O6S. The number of unbranched alkanes of at least 4 members (excludes halogenated alkanes) is 1. The van der Waals surface area contributed by atoms with Gasteiger partial charge in [0.1, 0.15) is 18.1 Å². The summed E-state index contributed by atoms with van der Waals surface area (Å²) in [5.74, 6) is -4.62. The standard InChI is InChI=1S/C19H36N6O6S/c1-3-10(2)15(19(30)31)25-17(28)12(6-4-5-7-20)23-18(29)13(8-14(22)26)24-16(27)11(21)9-32/h10-13,15,32H,3-9,20-21H2,1-2H3,(H2,22,26)(H,23,29)(H,24,27)(H,25,28)(H,30,31). The molecule has 0 fully saturated rings. The summed E-state index contributed by atoms with van der Waals surface area (Å²) in [7, 11) is 0. The molecule has 0 aliphatic heterocycles. The van der Waals surface area contributed by atoms with Crippen molar-refractivity contribution in [2.45, 2.75) is 70.1 Å². The molecule has 0 spiro atoms. The first-order valence-electron chi connectivity index (χ1n) is 10.5. The van der Waals surface area contributed by atoms with Crippen molar-refractivity contribution in [3.05, 3.63) is 0 Å². The van der Waals surface area contributed by atoms with E-state index in [2.05, 4.69) is 28.6 Å². The van der Waals surface area contributed by atoms with Gasteiger partial charge in [0.05, 0.1) is 12.5 Å². The van der Waals surface area contributed by atoms with E-state index in [1.54, 1.807) is 13.8 Å². The lowest BCUT2D eigenvalue weighted by Crippen LogP contribution is -2.58. The molecule has 0 aliphatic carbocycles. The molecule has 0 saturated carbocycles. The van der Waals surface area contributed by atoms with Crippen molar-refractivity contribution in [1.29, 1.82) is 0 Å². The maximum Gasteiger partial charge on any atom is 0.326 e. The van der Waals surface area contributed by atoms with E-state index < -0.39 is 60.2 Å². The molecule has 0 heterocycles. The SMILES string of the molecule is CCC(C)C(NC(=O)C(CCCCN)NC(=O)C(CC(N)=O)NC(=O)C(N)CS)C(=O)O. The average Bonchev–Trinajstić information content (AvgIpc) is 2.74. The second-order valence-electron chi connectivity index (χ2n) is 7.58. The van der Waals surface area contributed by atoms with Gasteiger partial charge in [-0.2, -0.15) is 12.6 Å². The average molecular weight is 477 g/mol. The third kappa shape index (κ3) is 10.8. The second kappa shape index (κ2) is 15.4. The van der Waals surface area contributed by atoms with E-state index in [-0.39, 0.29) is 18.1 Å². The first-order chi connectivity index (χ1) is 15.0. The minimum Gasteiger partial charge on any atom is -0.480 e. The molecule has 0 saturated heterocycles. The van der Waals surface area contributed by atoms with Gasteiger partial charge in [-0.15, -0.1) is 0 Å². The number of carbonyl (C=O) groups excluding carboxylic acids is 4. The summed E-state index contributed by atoms with van der Waals surface area (Å²) in [6.07, 6.45) is 1.23. The first-order valence-corrected chi connectivity index (χ1v) is 11.1. The molecule has 12 nitrogen and oxygen atoms in total. The van der Waals surface area contributed by atoms with Crippen molar-refractivity contribution in [2.75, 3.05) is 12.3 Å². The quantitative estimate of drug-likeness (QED) is 0.0902. The molecule has 13 heteroatoms.